The monoisotopic (exact) mass is 600 g/mol. The van der Waals surface area contributed by atoms with Gasteiger partial charge in [-0.15, -0.1) is 0 Å². The van der Waals surface area contributed by atoms with Crippen molar-refractivity contribution in [1.29, 1.82) is 0 Å². The average Bonchev–Trinajstić information content (AvgIpc) is 2.86. The molecule has 4 rings (SSSR count). The minimum Gasteiger partial charge on any atom is -0.284 e. The summed E-state index contributed by atoms with van der Waals surface area (Å²) in [6, 6.07) is 20.5. The maximum atomic E-state index is 9.73. The molecule has 196 valence electrons. The Morgan fingerprint density at radius 3 is 1.68 bits per heavy atom. The van der Waals surface area contributed by atoms with E-state index in [1.54, 1.807) is 24.2 Å². The summed E-state index contributed by atoms with van der Waals surface area (Å²) in [6.45, 7) is 12.4. The summed E-state index contributed by atoms with van der Waals surface area (Å²) in [6.07, 6.45) is 3.26. The highest BCUT2D eigenvalue weighted by atomic mass is 79.9. The van der Waals surface area contributed by atoms with Crippen molar-refractivity contribution < 1.29 is 19.9 Å². The zero-order valence-corrected chi connectivity index (χ0v) is 25.7. The largest absolute Gasteiger partial charge is 0.298 e. The van der Waals surface area contributed by atoms with E-state index in [2.05, 4.69) is 92.7 Å². The number of hydrogen-bond donors (Lipinski definition) is 3. The lowest BCUT2D eigenvalue weighted by Crippen LogP contribution is -2.32. The minimum atomic E-state index is 0.669. The number of halogens is 1. The van der Waals surface area contributed by atoms with Crippen molar-refractivity contribution in [1.82, 2.24) is 0 Å². The summed E-state index contributed by atoms with van der Waals surface area (Å²) in [5, 5.41) is 19.5. The van der Waals surface area contributed by atoms with Crippen LogP contribution in [0, 0.1) is 41.5 Å². The molecule has 2 aromatic heterocycles. The van der Waals surface area contributed by atoms with Gasteiger partial charge in [-0.1, -0.05) is 47.5 Å². The highest BCUT2D eigenvalue weighted by molar-refractivity contribution is 9.10. The van der Waals surface area contributed by atoms with E-state index >= 15 is 0 Å². The van der Waals surface area contributed by atoms with E-state index in [4.69, 9.17) is 5.21 Å². The molecule has 0 radical (unpaired) electrons. The first-order valence-corrected chi connectivity index (χ1v) is 14.4. The van der Waals surface area contributed by atoms with Gasteiger partial charge < -0.3 is 0 Å². The third kappa shape index (κ3) is 10.4. The van der Waals surface area contributed by atoms with E-state index in [0.29, 0.717) is 4.60 Å². The molecule has 0 atom stereocenters. The fraction of sp³-hybridized carbons (Fsp3) is 0.267. The van der Waals surface area contributed by atoms with Gasteiger partial charge in [0.15, 0.2) is 0 Å². The van der Waals surface area contributed by atoms with Gasteiger partial charge in [0.1, 0.15) is 0 Å². The van der Waals surface area contributed by atoms with Gasteiger partial charge in [-0.3, -0.25) is 10.4 Å². The van der Waals surface area contributed by atoms with Gasteiger partial charge in [0.2, 0.25) is 12.4 Å². The lowest BCUT2D eigenvalue weighted by molar-refractivity contribution is -0.932. The summed E-state index contributed by atoms with van der Waals surface area (Å²) in [5.41, 5.74) is 10.2. The van der Waals surface area contributed by atoms with Crippen LogP contribution in [-0.2, 0) is 11.5 Å². The molecular weight excluding hydrogens is 564 g/mol. The van der Waals surface area contributed by atoms with Gasteiger partial charge >= 0.3 is 0 Å². The van der Waals surface area contributed by atoms with Crippen molar-refractivity contribution in [3.63, 3.8) is 0 Å². The molecule has 4 nitrogen and oxygen atoms in total. The first-order chi connectivity index (χ1) is 17.5. The number of aromatic nitrogens is 2. The second-order valence-electron chi connectivity index (χ2n) is 9.06. The van der Waals surface area contributed by atoms with Crippen LogP contribution in [0.15, 0.2) is 82.7 Å². The number of aryl methyl sites for hydroxylation is 6. The molecule has 0 saturated heterocycles. The van der Waals surface area contributed by atoms with Gasteiger partial charge in [-0.05, 0) is 86.7 Å². The van der Waals surface area contributed by atoms with E-state index in [-0.39, 0.29) is 0 Å². The maximum absolute atomic E-state index is 9.73. The predicted octanol–water partition coefficient (Wildman–Crippen LogP) is 7.44. The molecule has 0 aliphatic carbocycles. The van der Waals surface area contributed by atoms with E-state index in [9.17, 15) is 5.21 Å². The number of rotatable bonds is 4. The lowest BCUT2D eigenvalue weighted by Gasteiger charge is -2.05. The molecule has 0 spiro atoms. The molecule has 0 unspecified atom stereocenters. The SMILES string of the molecule is Cc1cc[n+](O)c(Br)c1.Cc1ccc(C)c(CS)c1.Cc1ccc(C)c(CSc2cc(C)cc[n+]2O)c1. The Hall–Kier alpha value is -2.48. The number of hydrogen-bond acceptors (Lipinski definition) is 4. The molecule has 7 heteroatoms. The number of thiol groups is 1. The molecule has 37 heavy (non-hydrogen) atoms. The minimum absolute atomic E-state index is 0.669. The normalized spacial score (nSPS) is 10.2. The number of benzene rings is 2. The van der Waals surface area contributed by atoms with Crippen LogP contribution in [-0.4, -0.2) is 10.4 Å². The van der Waals surface area contributed by atoms with Crippen LogP contribution in [0.25, 0.3) is 0 Å². The lowest BCUT2D eigenvalue weighted by atomic mass is 10.1. The number of pyridine rings is 2. The standard InChI is InChI=1S/C15H18NOS.C9H12S.C6H7BrNO/c1-11-4-5-13(3)14(8-11)10-18-15-9-12(2)6-7-16(15)17;1-7-3-4-8(2)9(5-7)6-10;1-5-2-3-8(9)6(7)4-5/h4-9,17H,10H2,1-3H3;3-5,10H,6H2,1-2H3;2-4,9H,1H3/q+1;;+1. The molecule has 0 bridgehead atoms. The summed E-state index contributed by atoms with van der Waals surface area (Å²) in [5.74, 6) is 1.71. The molecule has 0 fully saturated rings. The van der Waals surface area contributed by atoms with Gasteiger partial charge in [0, 0.05) is 61.2 Å². The Kier molecular flexibility index (Phi) is 12.5. The Balaban J connectivity index is 0.000000214. The molecule has 0 aliphatic rings. The maximum Gasteiger partial charge on any atom is 0.298 e. The number of thioether (sulfide) groups is 1. The van der Waals surface area contributed by atoms with Crippen LogP contribution in [0.4, 0.5) is 0 Å². The van der Waals surface area contributed by atoms with E-state index in [0.717, 1.165) is 32.4 Å². The fourth-order valence-electron chi connectivity index (χ4n) is 3.32. The average molecular weight is 602 g/mol. The molecule has 2 heterocycles. The molecular formula is C30H37BrN2O2S2+2. The first kappa shape index (κ1) is 30.7. The molecule has 4 aromatic rings. The number of nitrogens with zero attached hydrogens (tertiary/aromatic N) is 2. The zero-order chi connectivity index (χ0) is 27.5. The summed E-state index contributed by atoms with van der Waals surface area (Å²) in [7, 11) is 0. The van der Waals surface area contributed by atoms with Crippen LogP contribution in [0.5, 0.6) is 0 Å². The third-order valence-electron chi connectivity index (χ3n) is 5.66. The summed E-state index contributed by atoms with van der Waals surface area (Å²) < 4.78 is 2.87. The predicted molar refractivity (Wildman–Crippen MR) is 159 cm³/mol. The van der Waals surface area contributed by atoms with E-state index in [1.165, 1.54) is 38.1 Å². The quantitative estimate of drug-likeness (QED) is 0.0749. The van der Waals surface area contributed by atoms with Gasteiger partial charge in [-0.2, -0.15) is 12.6 Å². The van der Waals surface area contributed by atoms with Crippen molar-refractivity contribution >= 4 is 40.3 Å². The zero-order valence-electron chi connectivity index (χ0n) is 22.4. The summed E-state index contributed by atoms with van der Waals surface area (Å²) >= 11 is 9.04. The molecule has 2 N–H and O–H groups in total. The smallest absolute Gasteiger partial charge is 0.284 e. The van der Waals surface area contributed by atoms with Crippen LogP contribution in [0.2, 0.25) is 0 Å². The van der Waals surface area contributed by atoms with Gasteiger partial charge in [0.25, 0.3) is 9.63 Å². The Bertz CT molecular complexity index is 1280. The molecule has 2 aromatic carbocycles. The Labute approximate surface area is 239 Å². The van der Waals surface area contributed by atoms with Crippen LogP contribution >= 0.6 is 40.3 Å². The fourth-order valence-corrected chi connectivity index (χ4v) is 5.21. The van der Waals surface area contributed by atoms with Crippen molar-refractivity contribution in [2.24, 2.45) is 0 Å². The van der Waals surface area contributed by atoms with Gasteiger partial charge in [-0.25, -0.2) is 0 Å². The first-order valence-electron chi connectivity index (χ1n) is 11.9. The van der Waals surface area contributed by atoms with Crippen molar-refractivity contribution in [2.75, 3.05) is 0 Å². The van der Waals surface area contributed by atoms with Gasteiger partial charge in [0.05, 0.1) is 0 Å². The molecule has 0 aliphatic heterocycles. The van der Waals surface area contributed by atoms with E-state index in [1.807, 2.05) is 38.1 Å². The topological polar surface area (TPSA) is 48.2 Å². The molecule has 0 amide bonds. The van der Waals surface area contributed by atoms with Crippen LogP contribution in [0.1, 0.15) is 44.5 Å². The Morgan fingerprint density at radius 2 is 1.16 bits per heavy atom. The second kappa shape index (κ2) is 15.1. The van der Waals surface area contributed by atoms with Crippen molar-refractivity contribution in [2.45, 2.75) is 58.1 Å². The van der Waals surface area contributed by atoms with Crippen LogP contribution in [0.3, 0.4) is 0 Å². The summed E-state index contributed by atoms with van der Waals surface area (Å²) in [4.78, 5) is 0. The second-order valence-corrected chi connectivity index (χ2v) is 11.2. The van der Waals surface area contributed by atoms with Crippen molar-refractivity contribution in [3.05, 3.63) is 122 Å². The van der Waals surface area contributed by atoms with Crippen molar-refractivity contribution in [3.8, 4) is 0 Å². The molecule has 0 saturated carbocycles. The Morgan fingerprint density at radius 1 is 0.676 bits per heavy atom. The highest BCUT2D eigenvalue weighted by Crippen LogP contribution is 2.23. The van der Waals surface area contributed by atoms with E-state index < -0.39 is 0 Å². The third-order valence-corrected chi connectivity index (χ3v) is 7.64. The highest BCUT2D eigenvalue weighted by Gasteiger charge is 2.11. The van der Waals surface area contributed by atoms with Crippen LogP contribution < -0.4 is 9.46 Å².